The van der Waals surface area contributed by atoms with Gasteiger partial charge in [-0.25, -0.2) is 0 Å². The predicted octanol–water partition coefficient (Wildman–Crippen LogP) is 2.38. The molecule has 0 radical (unpaired) electrons. The number of hydroxylamine groups is 2. The van der Waals surface area contributed by atoms with E-state index in [4.69, 9.17) is 16.4 Å². The third-order valence-corrected chi connectivity index (χ3v) is 2.29. The highest BCUT2D eigenvalue weighted by Crippen LogP contribution is 2.13. The Kier molecular flexibility index (Phi) is 4.20. The molecule has 0 aromatic carbocycles. The Morgan fingerprint density at radius 2 is 2.00 bits per heavy atom. The SMILES string of the molecule is CCC(Cl)ON1CCCCC1. The molecule has 1 heterocycles. The fourth-order valence-corrected chi connectivity index (χ4v) is 1.32. The van der Waals surface area contributed by atoms with E-state index in [9.17, 15) is 0 Å². The van der Waals surface area contributed by atoms with Crippen molar-refractivity contribution in [3.63, 3.8) is 0 Å². The Hall–Kier alpha value is 0.210. The van der Waals surface area contributed by atoms with Gasteiger partial charge in [-0.1, -0.05) is 24.9 Å². The maximum atomic E-state index is 5.83. The lowest BCUT2D eigenvalue weighted by Gasteiger charge is -2.27. The molecule has 0 aromatic heterocycles. The molecule has 1 unspecified atom stereocenters. The highest BCUT2D eigenvalue weighted by atomic mass is 35.5. The first-order chi connectivity index (χ1) is 5.33. The van der Waals surface area contributed by atoms with Crippen LogP contribution in [0.3, 0.4) is 0 Å². The quantitative estimate of drug-likeness (QED) is 0.614. The number of alkyl halides is 1. The first-order valence-corrected chi connectivity index (χ1v) is 4.82. The molecule has 0 saturated carbocycles. The van der Waals surface area contributed by atoms with Gasteiger partial charge in [0.05, 0.1) is 0 Å². The van der Waals surface area contributed by atoms with Crippen LogP contribution in [0.1, 0.15) is 32.6 Å². The van der Waals surface area contributed by atoms with Crippen molar-refractivity contribution in [3.05, 3.63) is 0 Å². The maximum Gasteiger partial charge on any atom is 0.152 e. The van der Waals surface area contributed by atoms with Crippen molar-refractivity contribution >= 4 is 11.6 Å². The minimum atomic E-state index is -0.131. The zero-order valence-corrected chi connectivity index (χ0v) is 7.81. The van der Waals surface area contributed by atoms with Crippen LogP contribution in [0.4, 0.5) is 0 Å². The third kappa shape index (κ3) is 3.41. The molecule has 0 N–H and O–H groups in total. The van der Waals surface area contributed by atoms with Gasteiger partial charge < -0.3 is 0 Å². The molecule has 2 nitrogen and oxygen atoms in total. The molecule has 1 saturated heterocycles. The summed E-state index contributed by atoms with van der Waals surface area (Å²) in [5, 5.41) is 1.99. The van der Waals surface area contributed by atoms with E-state index in [1.54, 1.807) is 0 Å². The smallest absolute Gasteiger partial charge is 0.152 e. The molecule has 66 valence electrons. The summed E-state index contributed by atoms with van der Waals surface area (Å²) in [4.78, 5) is 5.44. The molecule has 0 amide bonds. The molecule has 1 rings (SSSR count). The fraction of sp³-hybridized carbons (Fsp3) is 1.00. The van der Waals surface area contributed by atoms with E-state index >= 15 is 0 Å². The van der Waals surface area contributed by atoms with Gasteiger partial charge in [-0.3, -0.25) is 4.84 Å². The standard InChI is InChI=1S/C8H16ClNO/c1-2-8(9)11-10-6-4-3-5-7-10/h8H,2-7H2,1H3. The molecule has 0 spiro atoms. The van der Waals surface area contributed by atoms with Crippen molar-refractivity contribution in [1.29, 1.82) is 0 Å². The number of hydrogen-bond donors (Lipinski definition) is 0. The van der Waals surface area contributed by atoms with Crippen LogP contribution in [0.5, 0.6) is 0 Å². The van der Waals surface area contributed by atoms with Gasteiger partial charge in [0, 0.05) is 13.1 Å². The van der Waals surface area contributed by atoms with Crippen molar-refractivity contribution in [1.82, 2.24) is 5.06 Å². The lowest BCUT2D eigenvalue weighted by atomic mass is 10.2. The normalized spacial score (nSPS) is 23.5. The number of rotatable bonds is 3. The van der Waals surface area contributed by atoms with Gasteiger partial charge in [-0.05, 0) is 19.3 Å². The predicted molar refractivity (Wildman–Crippen MR) is 46.4 cm³/mol. The minimum absolute atomic E-state index is 0.131. The number of piperidine rings is 1. The number of hydrogen-bond acceptors (Lipinski definition) is 2. The lowest BCUT2D eigenvalue weighted by Crippen LogP contribution is -2.32. The highest BCUT2D eigenvalue weighted by molar-refractivity contribution is 6.19. The molecule has 1 aliphatic rings. The zero-order valence-electron chi connectivity index (χ0n) is 7.05. The van der Waals surface area contributed by atoms with Gasteiger partial charge in [0.25, 0.3) is 0 Å². The van der Waals surface area contributed by atoms with Crippen LogP contribution in [0.2, 0.25) is 0 Å². The Morgan fingerprint density at radius 3 is 2.55 bits per heavy atom. The van der Waals surface area contributed by atoms with Crippen LogP contribution in [-0.4, -0.2) is 23.7 Å². The van der Waals surface area contributed by atoms with Gasteiger partial charge in [0.2, 0.25) is 0 Å². The van der Waals surface area contributed by atoms with Crippen molar-refractivity contribution in [2.24, 2.45) is 0 Å². The Bertz CT molecular complexity index is 104. The fourth-order valence-electron chi connectivity index (χ4n) is 1.21. The molecule has 0 bridgehead atoms. The van der Waals surface area contributed by atoms with Gasteiger partial charge in [-0.15, -0.1) is 0 Å². The lowest BCUT2D eigenvalue weighted by molar-refractivity contribution is -0.182. The van der Waals surface area contributed by atoms with E-state index in [-0.39, 0.29) is 5.56 Å². The maximum absolute atomic E-state index is 5.83. The van der Waals surface area contributed by atoms with E-state index in [1.165, 1.54) is 19.3 Å². The summed E-state index contributed by atoms with van der Waals surface area (Å²) in [6.45, 7) is 4.12. The van der Waals surface area contributed by atoms with Crippen molar-refractivity contribution in [2.75, 3.05) is 13.1 Å². The molecule has 1 fully saturated rings. The van der Waals surface area contributed by atoms with Crippen LogP contribution in [0, 0.1) is 0 Å². The molecule has 1 atom stereocenters. The summed E-state index contributed by atoms with van der Waals surface area (Å²) < 4.78 is 0. The largest absolute Gasteiger partial charge is 0.280 e. The summed E-state index contributed by atoms with van der Waals surface area (Å²) in [6.07, 6.45) is 4.69. The topological polar surface area (TPSA) is 12.5 Å². The second-order valence-corrected chi connectivity index (χ2v) is 3.40. The average Bonchev–Trinajstić information content (AvgIpc) is 2.06. The van der Waals surface area contributed by atoms with Crippen molar-refractivity contribution in [3.8, 4) is 0 Å². The van der Waals surface area contributed by atoms with Crippen LogP contribution >= 0.6 is 11.6 Å². The third-order valence-electron chi connectivity index (χ3n) is 1.90. The number of nitrogens with zero attached hydrogens (tertiary/aromatic N) is 1. The Labute approximate surface area is 73.4 Å². The highest BCUT2D eigenvalue weighted by Gasteiger charge is 2.13. The molecule has 1 aliphatic heterocycles. The summed E-state index contributed by atoms with van der Waals surface area (Å²) in [5.41, 5.74) is -0.131. The second kappa shape index (κ2) is 4.96. The van der Waals surface area contributed by atoms with Gasteiger partial charge in [0.1, 0.15) is 0 Å². The molecule has 11 heavy (non-hydrogen) atoms. The molecular formula is C8H16ClNO. The molecule has 3 heteroatoms. The van der Waals surface area contributed by atoms with E-state index in [0.29, 0.717) is 0 Å². The Morgan fingerprint density at radius 1 is 1.36 bits per heavy atom. The monoisotopic (exact) mass is 177 g/mol. The second-order valence-electron chi connectivity index (χ2n) is 2.91. The van der Waals surface area contributed by atoms with E-state index < -0.39 is 0 Å². The summed E-state index contributed by atoms with van der Waals surface area (Å²) in [5.74, 6) is 0. The minimum Gasteiger partial charge on any atom is -0.280 e. The van der Waals surface area contributed by atoms with Crippen LogP contribution in [0.25, 0.3) is 0 Å². The van der Waals surface area contributed by atoms with Gasteiger partial charge >= 0.3 is 0 Å². The first kappa shape index (κ1) is 9.30. The van der Waals surface area contributed by atoms with Crippen LogP contribution < -0.4 is 0 Å². The van der Waals surface area contributed by atoms with E-state index in [0.717, 1.165) is 19.5 Å². The summed E-state index contributed by atoms with van der Waals surface area (Å²) >= 11 is 5.83. The summed E-state index contributed by atoms with van der Waals surface area (Å²) in [6, 6.07) is 0. The van der Waals surface area contributed by atoms with Crippen LogP contribution in [-0.2, 0) is 4.84 Å². The van der Waals surface area contributed by atoms with E-state index in [2.05, 4.69) is 0 Å². The average molecular weight is 178 g/mol. The number of halogens is 1. The van der Waals surface area contributed by atoms with E-state index in [1.807, 2.05) is 12.0 Å². The Balaban J connectivity index is 2.13. The molecule has 0 aliphatic carbocycles. The molecular weight excluding hydrogens is 162 g/mol. The first-order valence-electron chi connectivity index (χ1n) is 4.38. The van der Waals surface area contributed by atoms with Gasteiger partial charge in [-0.2, -0.15) is 5.06 Å². The van der Waals surface area contributed by atoms with Crippen LogP contribution in [0.15, 0.2) is 0 Å². The molecule has 0 aromatic rings. The summed E-state index contributed by atoms with van der Waals surface area (Å²) in [7, 11) is 0. The van der Waals surface area contributed by atoms with Gasteiger partial charge in [0.15, 0.2) is 5.56 Å². The zero-order chi connectivity index (χ0) is 8.10. The van der Waals surface area contributed by atoms with Crippen molar-refractivity contribution in [2.45, 2.75) is 38.2 Å². The van der Waals surface area contributed by atoms with Crippen molar-refractivity contribution < 1.29 is 4.84 Å².